The van der Waals surface area contributed by atoms with Gasteiger partial charge in [-0.1, -0.05) is 29.3 Å². The molecule has 1 aliphatic rings. The van der Waals surface area contributed by atoms with Crippen LogP contribution in [0.1, 0.15) is 29.3 Å². The first-order valence-electron chi connectivity index (χ1n) is 8.41. The third-order valence-corrected chi connectivity index (χ3v) is 5.41. The minimum absolute atomic E-state index is 0.0619. The fourth-order valence-corrected chi connectivity index (χ4v) is 3.64. The molecule has 3 heterocycles. The normalized spacial score (nSPS) is 16.0. The molecule has 4 rings (SSSR count). The van der Waals surface area contributed by atoms with Gasteiger partial charge in [0.25, 0.3) is 5.56 Å². The van der Waals surface area contributed by atoms with Crippen LogP contribution >= 0.6 is 23.2 Å². The van der Waals surface area contributed by atoms with Gasteiger partial charge in [0, 0.05) is 35.5 Å². The topological polar surface area (TPSA) is 88.5 Å². The second-order valence-corrected chi connectivity index (χ2v) is 7.14. The molecule has 0 radical (unpaired) electrons. The molecule has 27 heavy (non-hydrogen) atoms. The maximum absolute atomic E-state index is 12.6. The van der Waals surface area contributed by atoms with Crippen LogP contribution in [-0.4, -0.2) is 27.1 Å². The number of halogens is 2. The van der Waals surface area contributed by atoms with Crippen LogP contribution in [0.4, 0.5) is 0 Å². The van der Waals surface area contributed by atoms with Crippen molar-refractivity contribution in [3.05, 3.63) is 61.6 Å². The van der Waals surface area contributed by atoms with Gasteiger partial charge >= 0.3 is 0 Å². The van der Waals surface area contributed by atoms with E-state index in [4.69, 9.17) is 27.9 Å². The maximum Gasteiger partial charge on any atom is 0.276 e. The van der Waals surface area contributed by atoms with Gasteiger partial charge < -0.3 is 10.1 Å². The Hall–Kier alpha value is -2.51. The number of ether oxygens (including phenoxy) is 1. The Morgan fingerprint density at radius 3 is 3.04 bits per heavy atom. The molecule has 1 unspecified atom stereocenters. The molecule has 2 aromatic heterocycles. The van der Waals surface area contributed by atoms with E-state index >= 15 is 0 Å². The van der Waals surface area contributed by atoms with Gasteiger partial charge in [0.1, 0.15) is 10.8 Å². The zero-order valence-electron chi connectivity index (χ0n) is 14.4. The lowest BCUT2D eigenvalue weighted by Crippen LogP contribution is -2.35. The van der Waals surface area contributed by atoms with E-state index in [1.54, 1.807) is 31.3 Å². The van der Waals surface area contributed by atoms with E-state index in [1.165, 1.54) is 4.52 Å². The number of aryl methyl sites for hydroxylation is 1. The van der Waals surface area contributed by atoms with E-state index in [0.717, 1.165) is 5.56 Å². The van der Waals surface area contributed by atoms with Crippen LogP contribution in [0.15, 0.2) is 29.2 Å². The second-order valence-electron chi connectivity index (χ2n) is 6.35. The number of H-pyrrole nitrogens is 1. The lowest BCUT2D eigenvalue weighted by molar-refractivity contribution is -0.121. The lowest BCUT2D eigenvalue weighted by atomic mass is 10.00. The summed E-state index contributed by atoms with van der Waals surface area (Å²) in [7, 11) is 0. The number of carbonyl (C=O) groups is 1. The fourth-order valence-electron chi connectivity index (χ4n) is 3.27. The Balaban J connectivity index is 1.58. The first-order valence-corrected chi connectivity index (χ1v) is 9.17. The molecular weight excluding hydrogens is 391 g/mol. The van der Waals surface area contributed by atoms with Crippen molar-refractivity contribution >= 4 is 34.8 Å². The SMILES string of the molecule is Cc1nc2cc[nH]n2c(=O)c1CC(=O)NC1CCOc2c1ccc(Cl)c2Cl. The fraction of sp³-hybridized carbons (Fsp3) is 0.278. The first kappa shape index (κ1) is 17.9. The maximum atomic E-state index is 12.6. The summed E-state index contributed by atoms with van der Waals surface area (Å²) in [4.78, 5) is 29.6. The van der Waals surface area contributed by atoms with E-state index in [-0.39, 0.29) is 23.9 Å². The summed E-state index contributed by atoms with van der Waals surface area (Å²) in [5.74, 6) is 0.221. The van der Waals surface area contributed by atoms with Crippen molar-refractivity contribution in [3.8, 4) is 5.75 Å². The Labute approximate surface area is 164 Å². The summed E-state index contributed by atoms with van der Waals surface area (Å²) < 4.78 is 6.93. The van der Waals surface area contributed by atoms with Gasteiger partial charge in [-0.25, -0.2) is 9.50 Å². The average Bonchev–Trinajstić information content (AvgIpc) is 3.10. The summed E-state index contributed by atoms with van der Waals surface area (Å²) >= 11 is 12.2. The van der Waals surface area contributed by atoms with Gasteiger partial charge in [-0.3, -0.25) is 14.7 Å². The number of hydrogen-bond donors (Lipinski definition) is 2. The molecule has 2 N–H and O–H groups in total. The summed E-state index contributed by atoms with van der Waals surface area (Å²) in [6.07, 6.45) is 2.16. The van der Waals surface area contributed by atoms with Crippen molar-refractivity contribution in [1.82, 2.24) is 19.9 Å². The van der Waals surface area contributed by atoms with Crippen molar-refractivity contribution in [2.75, 3.05) is 6.61 Å². The molecule has 9 heteroatoms. The van der Waals surface area contributed by atoms with E-state index in [9.17, 15) is 9.59 Å². The van der Waals surface area contributed by atoms with E-state index in [1.807, 2.05) is 0 Å². The van der Waals surface area contributed by atoms with E-state index in [0.29, 0.717) is 45.7 Å². The second kappa shape index (κ2) is 6.90. The van der Waals surface area contributed by atoms with Gasteiger partial charge in [-0.2, -0.15) is 0 Å². The molecule has 1 aliphatic heterocycles. The van der Waals surface area contributed by atoms with Crippen molar-refractivity contribution in [2.45, 2.75) is 25.8 Å². The predicted molar refractivity (Wildman–Crippen MR) is 102 cm³/mol. The highest BCUT2D eigenvalue weighted by atomic mass is 35.5. The monoisotopic (exact) mass is 406 g/mol. The number of amides is 1. The summed E-state index contributed by atoms with van der Waals surface area (Å²) in [6, 6.07) is 4.91. The Bertz CT molecular complexity index is 1110. The number of fused-ring (bicyclic) bond motifs is 2. The van der Waals surface area contributed by atoms with Crippen molar-refractivity contribution in [1.29, 1.82) is 0 Å². The largest absolute Gasteiger partial charge is 0.492 e. The number of aromatic amines is 1. The van der Waals surface area contributed by atoms with Gasteiger partial charge in [-0.05, 0) is 13.0 Å². The number of nitrogens with zero attached hydrogens (tertiary/aromatic N) is 2. The molecule has 3 aromatic rings. The Morgan fingerprint density at radius 2 is 2.22 bits per heavy atom. The van der Waals surface area contributed by atoms with Gasteiger partial charge in [0.15, 0.2) is 5.65 Å². The number of nitrogens with one attached hydrogen (secondary N) is 2. The Morgan fingerprint density at radius 1 is 1.41 bits per heavy atom. The molecular formula is C18H16Cl2N4O3. The summed E-state index contributed by atoms with van der Waals surface area (Å²) in [5.41, 5.74) is 1.91. The minimum atomic E-state index is -0.278. The van der Waals surface area contributed by atoms with Crippen molar-refractivity contribution in [3.63, 3.8) is 0 Å². The molecule has 0 spiro atoms. The smallest absolute Gasteiger partial charge is 0.276 e. The van der Waals surface area contributed by atoms with Crippen LogP contribution in [0.5, 0.6) is 5.75 Å². The highest BCUT2D eigenvalue weighted by molar-refractivity contribution is 6.43. The molecule has 0 saturated heterocycles. The van der Waals surface area contributed by atoms with Crippen LogP contribution in [0, 0.1) is 6.92 Å². The summed E-state index contributed by atoms with van der Waals surface area (Å²) in [5, 5.41) is 6.50. The van der Waals surface area contributed by atoms with Crippen LogP contribution in [0.2, 0.25) is 10.0 Å². The zero-order valence-corrected chi connectivity index (χ0v) is 15.9. The van der Waals surface area contributed by atoms with E-state index in [2.05, 4.69) is 15.4 Å². The number of carbonyl (C=O) groups excluding carboxylic acids is 1. The highest BCUT2D eigenvalue weighted by Gasteiger charge is 2.26. The van der Waals surface area contributed by atoms with Crippen LogP contribution in [0.25, 0.3) is 5.65 Å². The number of rotatable bonds is 3. The molecule has 1 aromatic carbocycles. The number of aromatic nitrogens is 3. The van der Waals surface area contributed by atoms with Gasteiger partial charge in [0.2, 0.25) is 5.91 Å². The predicted octanol–water partition coefficient (Wildman–Crippen LogP) is 2.82. The van der Waals surface area contributed by atoms with E-state index < -0.39 is 0 Å². The first-order chi connectivity index (χ1) is 13.0. The Kier molecular flexibility index (Phi) is 4.57. The zero-order chi connectivity index (χ0) is 19.1. The minimum Gasteiger partial charge on any atom is -0.492 e. The standard InChI is InChI=1S/C18H16Cl2N4O3/c1-9-11(18(26)24-14(22-9)4-6-21-24)8-15(25)23-13-5-7-27-17-10(13)2-3-12(19)16(17)20/h2-4,6,13,21H,5,7-8H2,1H3,(H,23,25). The number of hydrogen-bond acceptors (Lipinski definition) is 4. The van der Waals surface area contributed by atoms with Crippen molar-refractivity contribution in [2.24, 2.45) is 0 Å². The highest BCUT2D eigenvalue weighted by Crippen LogP contribution is 2.41. The van der Waals surface area contributed by atoms with Crippen LogP contribution in [0.3, 0.4) is 0 Å². The molecule has 0 bridgehead atoms. The van der Waals surface area contributed by atoms with Crippen LogP contribution in [-0.2, 0) is 11.2 Å². The van der Waals surface area contributed by atoms with Crippen molar-refractivity contribution < 1.29 is 9.53 Å². The molecule has 0 saturated carbocycles. The van der Waals surface area contributed by atoms with Gasteiger partial charge in [-0.15, -0.1) is 0 Å². The molecule has 0 aliphatic carbocycles. The average molecular weight is 407 g/mol. The molecule has 1 atom stereocenters. The third kappa shape index (κ3) is 3.17. The molecule has 7 nitrogen and oxygen atoms in total. The molecule has 0 fully saturated rings. The number of benzene rings is 1. The van der Waals surface area contributed by atoms with Gasteiger partial charge in [0.05, 0.1) is 24.1 Å². The molecule has 140 valence electrons. The summed E-state index contributed by atoms with van der Waals surface area (Å²) in [6.45, 7) is 2.14. The van der Waals surface area contributed by atoms with Crippen LogP contribution < -0.4 is 15.6 Å². The quantitative estimate of drug-likeness (QED) is 0.699. The molecule has 1 amide bonds. The lowest BCUT2D eigenvalue weighted by Gasteiger charge is -2.27. The third-order valence-electron chi connectivity index (χ3n) is 4.63.